The van der Waals surface area contributed by atoms with Crippen molar-refractivity contribution < 1.29 is 13.9 Å². The van der Waals surface area contributed by atoms with Crippen molar-refractivity contribution in [3.8, 4) is 5.75 Å². The molecule has 1 heterocycles. The summed E-state index contributed by atoms with van der Waals surface area (Å²) in [6.07, 6.45) is -0.523. The van der Waals surface area contributed by atoms with Gasteiger partial charge in [0.05, 0.1) is 4.47 Å². The predicted octanol–water partition coefficient (Wildman–Crippen LogP) is 3.07. The highest BCUT2D eigenvalue weighted by molar-refractivity contribution is 9.10. The Morgan fingerprint density at radius 3 is 2.73 bits per heavy atom. The first-order valence-electron chi connectivity index (χ1n) is 6.62. The molecule has 22 heavy (non-hydrogen) atoms. The van der Waals surface area contributed by atoms with E-state index in [0.717, 1.165) is 0 Å². The fourth-order valence-electron chi connectivity index (χ4n) is 1.76. The quantitative estimate of drug-likeness (QED) is 0.851. The molecule has 1 unspecified atom stereocenters. The van der Waals surface area contributed by atoms with E-state index in [-0.39, 0.29) is 17.1 Å². The van der Waals surface area contributed by atoms with Gasteiger partial charge in [-0.3, -0.25) is 9.59 Å². The van der Waals surface area contributed by atoms with Gasteiger partial charge in [-0.05, 0) is 46.6 Å². The van der Waals surface area contributed by atoms with Gasteiger partial charge in [0.25, 0.3) is 11.5 Å². The van der Waals surface area contributed by atoms with Crippen LogP contribution in [0.2, 0.25) is 0 Å². The normalized spacial score (nSPS) is 11.8. The van der Waals surface area contributed by atoms with Gasteiger partial charge >= 0.3 is 0 Å². The molecule has 116 valence electrons. The van der Waals surface area contributed by atoms with Gasteiger partial charge in [-0.1, -0.05) is 19.1 Å². The third-order valence-electron chi connectivity index (χ3n) is 2.89. The number of carbonyl (C=O) groups is 1. The van der Waals surface area contributed by atoms with Crippen LogP contribution >= 0.6 is 15.9 Å². The largest absolute Gasteiger partial charge is 0.478 e. The Morgan fingerprint density at radius 2 is 2.09 bits per heavy atom. The lowest BCUT2D eigenvalue weighted by atomic mass is 10.2. The fraction of sp³-hybridized carbons (Fsp3) is 0.200. The number of benzene rings is 1. The first kappa shape index (κ1) is 16.2. The van der Waals surface area contributed by atoms with E-state index in [0.29, 0.717) is 10.9 Å². The van der Waals surface area contributed by atoms with E-state index in [9.17, 15) is 14.0 Å². The van der Waals surface area contributed by atoms with Crippen LogP contribution in [0.3, 0.4) is 0 Å². The van der Waals surface area contributed by atoms with Crippen molar-refractivity contribution in [3.63, 3.8) is 0 Å². The van der Waals surface area contributed by atoms with Crippen LogP contribution < -0.4 is 15.6 Å². The number of carbonyl (C=O) groups excluding carboxylic acids is 1. The molecule has 5 nitrogen and oxygen atoms in total. The maximum absolute atomic E-state index is 13.6. The summed E-state index contributed by atoms with van der Waals surface area (Å²) in [7, 11) is 0. The fourth-order valence-corrected chi connectivity index (χ4v) is 1.99. The van der Waals surface area contributed by atoms with Gasteiger partial charge in [-0.2, -0.15) is 0 Å². The van der Waals surface area contributed by atoms with Crippen LogP contribution in [-0.4, -0.2) is 17.0 Å². The SMILES string of the molecule is CCC(Oc1ccccc1F)C(=O)Nc1ccc(Br)c(=O)[nH]1. The van der Waals surface area contributed by atoms with E-state index in [4.69, 9.17) is 4.74 Å². The lowest BCUT2D eigenvalue weighted by Crippen LogP contribution is -2.33. The number of pyridine rings is 1. The molecule has 2 N–H and O–H groups in total. The molecule has 7 heteroatoms. The Morgan fingerprint density at radius 1 is 1.36 bits per heavy atom. The van der Waals surface area contributed by atoms with E-state index in [1.807, 2.05) is 0 Å². The van der Waals surface area contributed by atoms with Crippen LogP contribution in [0.4, 0.5) is 10.2 Å². The third kappa shape index (κ3) is 3.94. The summed E-state index contributed by atoms with van der Waals surface area (Å²) in [6, 6.07) is 8.93. The summed E-state index contributed by atoms with van der Waals surface area (Å²) >= 11 is 3.07. The number of hydrogen-bond donors (Lipinski definition) is 2. The number of para-hydroxylation sites is 1. The van der Waals surface area contributed by atoms with Gasteiger partial charge < -0.3 is 15.0 Å². The molecule has 1 aromatic carbocycles. The summed E-state index contributed by atoms with van der Waals surface area (Å²) in [5, 5.41) is 2.54. The van der Waals surface area contributed by atoms with Crippen molar-refractivity contribution in [2.24, 2.45) is 0 Å². The molecule has 1 aromatic heterocycles. The molecule has 0 aliphatic carbocycles. The second kappa shape index (κ2) is 7.22. The molecule has 0 fully saturated rings. The number of H-pyrrole nitrogens is 1. The Hall–Kier alpha value is -2.15. The molecule has 0 radical (unpaired) electrons. The minimum atomic E-state index is -0.871. The van der Waals surface area contributed by atoms with Crippen LogP contribution in [0.1, 0.15) is 13.3 Å². The summed E-state index contributed by atoms with van der Waals surface area (Å²) in [5.74, 6) is -0.753. The molecule has 0 bridgehead atoms. The molecule has 0 aliphatic rings. The van der Waals surface area contributed by atoms with Crippen molar-refractivity contribution in [1.82, 2.24) is 4.98 Å². The maximum atomic E-state index is 13.6. The molecule has 0 aliphatic heterocycles. The molecule has 0 saturated carbocycles. The summed E-state index contributed by atoms with van der Waals surface area (Å²) in [5.41, 5.74) is -0.360. The molecular formula is C15H14BrFN2O3. The number of anilines is 1. The number of rotatable bonds is 5. The standard InChI is InChI=1S/C15H14BrFN2O3/c1-2-11(22-12-6-4-3-5-10(12)17)15(21)19-13-8-7-9(16)14(20)18-13/h3-8,11H,2H2,1H3,(H2,18,19,20,21). The maximum Gasteiger partial charge on any atom is 0.266 e. The number of aromatic amines is 1. The van der Waals surface area contributed by atoms with E-state index in [2.05, 4.69) is 26.2 Å². The van der Waals surface area contributed by atoms with Crippen molar-refractivity contribution in [2.45, 2.75) is 19.4 Å². The van der Waals surface area contributed by atoms with Crippen LogP contribution in [0.25, 0.3) is 0 Å². The highest BCUT2D eigenvalue weighted by Crippen LogP contribution is 2.18. The molecule has 1 amide bonds. The number of ether oxygens (including phenoxy) is 1. The molecule has 1 atom stereocenters. The van der Waals surface area contributed by atoms with Gasteiger partial charge in [0.2, 0.25) is 0 Å². The van der Waals surface area contributed by atoms with Crippen LogP contribution in [0, 0.1) is 5.82 Å². The zero-order valence-electron chi connectivity index (χ0n) is 11.7. The Balaban J connectivity index is 2.10. The Bertz CT molecular complexity index is 733. The van der Waals surface area contributed by atoms with Crippen LogP contribution in [0.15, 0.2) is 45.7 Å². The average Bonchev–Trinajstić information content (AvgIpc) is 2.50. The Labute approximate surface area is 134 Å². The summed E-state index contributed by atoms with van der Waals surface area (Å²) in [4.78, 5) is 26.1. The van der Waals surface area contributed by atoms with E-state index in [1.165, 1.54) is 24.3 Å². The van der Waals surface area contributed by atoms with E-state index in [1.54, 1.807) is 19.1 Å². The predicted molar refractivity (Wildman–Crippen MR) is 84.5 cm³/mol. The zero-order chi connectivity index (χ0) is 16.1. The van der Waals surface area contributed by atoms with Crippen LogP contribution in [0.5, 0.6) is 5.75 Å². The van der Waals surface area contributed by atoms with Crippen molar-refractivity contribution >= 4 is 27.7 Å². The minimum absolute atomic E-state index is 0.00815. The first-order chi connectivity index (χ1) is 10.5. The smallest absolute Gasteiger partial charge is 0.266 e. The second-order valence-electron chi connectivity index (χ2n) is 4.48. The zero-order valence-corrected chi connectivity index (χ0v) is 13.3. The molecule has 0 saturated heterocycles. The topological polar surface area (TPSA) is 71.2 Å². The summed E-state index contributed by atoms with van der Waals surface area (Å²) in [6.45, 7) is 1.75. The van der Waals surface area contributed by atoms with Crippen molar-refractivity contribution in [3.05, 3.63) is 57.0 Å². The number of nitrogens with one attached hydrogen (secondary N) is 2. The van der Waals surface area contributed by atoms with Crippen molar-refractivity contribution in [1.29, 1.82) is 0 Å². The minimum Gasteiger partial charge on any atom is -0.478 e. The van der Waals surface area contributed by atoms with Crippen LogP contribution in [-0.2, 0) is 4.79 Å². The Kier molecular flexibility index (Phi) is 5.32. The highest BCUT2D eigenvalue weighted by Gasteiger charge is 2.20. The van der Waals surface area contributed by atoms with E-state index < -0.39 is 17.8 Å². The molecule has 2 aromatic rings. The first-order valence-corrected chi connectivity index (χ1v) is 7.41. The average molecular weight is 369 g/mol. The lowest BCUT2D eigenvalue weighted by Gasteiger charge is -2.17. The number of hydrogen-bond acceptors (Lipinski definition) is 3. The van der Waals surface area contributed by atoms with E-state index >= 15 is 0 Å². The summed E-state index contributed by atoms with van der Waals surface area (Å²) < 4.78 is 19.3. The molecule has 2 rings (SSSR count). The second-order valence-corrected chi connectivity index (χ2v) is 5.34. The van der Waals surface area contributed by atoms with Gasteiger partial charge in [0.15, 0.2) is 17.7 Å². The number of amides is 1. The monoisotopic (exact) mass is 368 g/mol. The lowest BCUT2D eigenvalue weighted by molar-refractivity contribution is -0.122. The third-order valence-corrected chi connectivity index (χ3v) is 3.51. The van der Waals surface area contributed by atoms with Gasteiger partial charge in [-0.25, -0.2) is 4.39 Å². The number of aromatic nitrogens is 1. The molecular weight excluding hydrogens is 355 g/mol. The molecule has 0 spiro atoms. The van der Waals surface area contributed by atoms with Gasteiger partial charge in [0, 0.05) is 0 Å². The van der Waals surface area contributed by atoms with Gasteiger partial charge in [-0.15, -0.1) is 0 Å². The van der Waals surface area contributed by atoms with Gasteiger partial charge in [0.1, 0.15) is 5.82 Å². The highest BCUT2D eigenvalue weighted by atomic mass is 79.9. The van der Waals surface area contributed by atoms with Crippen molar-refractivity contribution in [2.75, 3.05) is 5.32 Å². The number of halogens is 2.